The molecule has 2 rings (SSSR count). The lowest BCUT2D eigenvalue weighted by molar-refractivity contribution is 1.16. The van der Waals surface area contributed by atoms with Crippen molar-refractivity contribution in [2.24, 2.45) is 0 Å². The standard InChI is InChI=1S/C12H10N2/c1-2-11-8-9-13-12(14-11)10-6-4-3-5-7-10/h2-9H,1H2. The maximum absolute atomic E-state index is 4.33. The molecule has 14 heavy (non-hydrogen) atoms. The third-order valence-corrected chi connectivity index (χ3v) is 1.92. The molecule has 0 radical (unpaired) electrons. The van der Waals surface area contributed by atoms with Crippen LogP contribution in [0.1, 0.15) is 5.69 Å². The minimum absolute atomic E-state index is 0.739. The van der Waals surface area contributed by atoms with Gasteiger partial charge in [-0.05, 0) is 12.1 Å². The summed E-state index contributed by atoms with van der Waals surface area (Å²) in [4.78, 5) is 8.53. The molecule has 0 saturated heterocycles. The molecule has 0 atom stereocenters. The van der Waals surface area contributed by atoms with Crippen molar-refractivity contribution in [3.8, 4) is 11.4 Å². The highest BCUT2D eigenvalue weighted by Gasteiger charge is 1.98. The van der Waals surface area contributed by atoms with Crippen LogP contribution in [0.5, 0.6) is 0 Å². The van der Waals surface area contributed by atoms with Gasteiger partial charge in [-0.25, -0.2) is 9.97 Å². The van der Waals surface area contributed by atoms with Crippen molar-refractivity contribution in [3.05, 3.63) is 54.9 Å². The summed E-state index contributed by atoms with van der Waals surface area (Å²) in [6, 6.07) is 11.7. The Morgan fingerprint density at radius 2 is 1.86 bits per heavy atom. The molecule has 0 unspecified atom stereocenters. The molecule has 68 valence electrons. The van der Waals surface area contributed by atoms with Crippen molar-refractivity contribution < 1.29 is 0 Å². The first kappa shape index (κ1) is 8.63. The smallest absolute Gasteiger partial charge is 0.159 e. The Hall–Kier alpha value is -1.96. The molecular weight excluding hydrogens is 172 g/mol. The summed E-state index contributed by atoms with van der Waals surface area (Å²) < 4.78 is 0. The maximum atomic E-state index is 4.33. The number of benzene rings is 1. The minimum atomic E-state index is 0.739. The van der Waals surface area contributed by atoms with Gasteiger partial charge in [0.05, 0.1) is 5.69 Å². The van der Waals surface area contributed by atoms with E-state index in [0.717, 1.165) is 17.1 Å². The van der Waals surface area contributed by atoms with E-state index in [9.17, 15) is 0 Å². The zero-order valence-electron chi connectivity index (χ0n) is 7.72. The maximum Gasteiger partial charge on any atom is 0.159 e. The lowest BCUT2D eigenvalue weighted by atomic mass is 10.2. The summed E-state index contributed by atoms with van der Waals surface area (Å²) in [5, 5.41) is 0. The highest BCUT2D eigenvalue weighted by Crippen LogP contribution is 2.13. The molecule has 1 aromatic carbocycles. The van der Waals surface area contributed by atoms with E-state index in [4.69, 9.17) is 0 Å². The van der Waals surface area contributed by atoms with Crippen LogP contribution in [0.4, 0.5) is 0 Å². The summed E-state index contributed by atoms with van der Waals surface area (Å²) in [7, 11) is 0. The molecule has 2 nitrogen and oxygen atoms in total. The Morgan fingerprint density at radius 3 is 2.57 bits per heavy atom. The van der Waals surface area contributed by atoms with Gasteiger partial charge in [-0.15, -0.1) is 0 Å². The van der Waals surface area contributed by atoms with Crippen molar-refractivity contribution in [3.63, 3.8) is 0 Å². The van der Waals surface area contributed by atoms with Gasteiger partial charge in [0.25, 0.3) is 0 Å². The largest absolute Gasteiger partial charge is 0.237 e. The Balaban J connectivity index is 2.47. The van der Waals surface area contributed by atoms with Crippen LogP contribution in [0.3, 0.4) is 0 Å². The molecular formula is C12H10N2. The molecule has 0 aliphatic heterocycles. The second-order valence-corrected chi connectivity index (χ2v) is 2.88. The van der Waals surface area contributed by atoms with Gasteiger partial charge in [0.1, 0.15) is 0 Å². The van der Waals surface area contributed by atoms with Crippen molar-refractivity contribution >= 4 is 6.08 Å². The topological polar surface area (TPSA) is 25.8 Å². The summed E-state index contributed by atoms with van der Waals surface area (Å²) in [5.74, 6) is 0.739. The third-order valence-electron chi connectivity index (χ3n) is 1.92. The first-order valence-corrected chi connectivity index (χ1v) is 4.41. The van der Waals surface area contributed by atoms with Crippen molar-refractivity contribution in [2.75, 3.05) is 0 Å². The molecule has 0 spiro atoms. The Labute approximate surface area is 83.0 Å². The zero-order chi connectivity index (χ0) is 9.80. The molecule has 1 heterocycles. The number of hydrogen-bond acceptors (Lipinski definition) is 2. The van der Waals surface area contributed by atoms with Crippen LogP contribution in [0.15, 0.2) is 49.2 Å². The van der Waals surface area contributed by atoms with Gasteiger partial charge in [-0.2, -0.15) is 0 Å². The predicted molar refractivity (Wildman–Crippen MR) is 57.6 cm³/mol. The van der Waals surface area contributed by atoms with Gasteiger partial charge in [0.15, 0.2) is 5.82 Å². The molecule has 2 heteroatoms. The van der Waals surface area contributed by atoms with Gasteiger partial charge < -0.3 is 0 Å². The van der Waals surface area contributed by atoms with Crippen LogP contribution in [0.25, 0.3) is 17.5 Å². The van der Waals surface area contributed by atoms with Crippen molar-refractivity contribution in [2.45, 2.75) is 0 Å². The normalized spacial score (nSPS) is 9.71. The predicted octanol–water partition coefficient (Wildman–Crippen LogP) is 2.79. The fraction of sp³-hybridized carbons (Fsp3) is 0. The highest BCUT2D eigenvalue weighted by atomic mass is 14.9. The van der Waals surface area contributed by atoms with Gasteiger partial charge >= 0.3 is 0 Å². The Kier molecular flexibility index (Phi) is 2.36. The first-order chi connectivity index (χ1) is 6.90. The van der Waals surface area contributed by atoms with E-state index in [2.05, 4.69) is 16.5 Å². The van der Waals surface area contributed by atoms with E-state index in [0.29, 0.717) is 0 Å². The summed E-state index contributed by atoms with van der Waals surface area (Å²) in [6.45, 7) is 3.68. The fourth-order valence-corrected chi connectivity index (χ4v) is 1.21. The van der Waals surface area contributed by atoms with E-state index >= 15 is 0 Å². The summed E-state index contributed by atoms with van der Waals surface area (Å²) in [6.07, 6.45) is 3.46. The molecule has 0 fully saturated rings. The highest BCUT2D eigenvalue weighted by molar-refractivity contribution is 5.56. The van der Waals surface area contributed by atoms with E-state index in [1.807, 2.05) is 36.4 Å². The summed E-state index contributed by atoms with van der Waals surface area (Å²) >= 11 is 0. The second kappa shape index (κ2) is 3.83. The number of aromatic nitrogens is 2. The molecule has 0 bridgehead atoms. The number of rotatable bonds is 2. The Bertz CT molecular complexity index is 435. The van der Waals surface area contributed by atoms with E-state index in [-0.39, 0.29) is 0 Å². The van der Waals surface area contributed by atoms with E-state index < -0.39 is 0 Å². The van der Waals surface area contributed by atoms with E-state index in [1.54, 1.807) is 12.3 Å². The quantitative estimate of drug-likeness (QED) is 0.713. The average Bonchev–Trinajstić information content (AvgIpc) is 2.30. The van der Waals surface area contributed by atoms with Crippen LogP contribution >= 0.6 is 0 Å². The van der Waals surface area contributed by atoms with E-state index in [1.165, 1.54) is 0 Å². The molecule has 0 saturated carbocycles. The Morgan fingerprint density at radius 1 is 1.07 bits per heavy atom. The summed E-state index contributed by atoms with van der Waals surface area (Å²) in [5.41, 5.74) is 1.87. The molecule has 1 aromatic heterocycles. The molecule has 0 N–H and O–H groups in total. The number of hydrogen-bond donors (Lipinski definition) is 0. The second-order valence-electron chi connectivity index (χ2n) is 2.88. The number of nitrogens with zero attached hydrogens (tertiary/aromatic N) is 2. The average molecular weight is 182 g/mol. The van der Waals surface area contributed by atoms with Crippen LogP contribution in [-0.2, 0) is 0 Å². The van der Waals surface area contributed by atoms with Crippen molar-refractivity contribution in [1.29, 1.82) is 0 Å². The van der Waals surface area contributed by atoms with Crippen LogP contribution in [0, 0.1) is 0 Å². The first-order valence-electron chi connectivity index (χ1n) is 4.41. The minimum Gasteiger partial charge on any atom is -0.237 e. The molecule has 0 amide bonds. The molecule has 0 aliphatic carbocycles. The SMILES string of the molecule is C=Cc1ccnc(-c2ccccc2)n1. The van der Waals surface area contributed by atoms with Crippen LogP contribution < -0.4 is 0 Å². The van der Waals surface area contributed by atoms with Gasteiger partial charge in [-0.3, -0.25) is 0 Å². The van der Waals surface area contributed by atoms with Crippen LogP contribution in [-0.4, -0.2) is 9.97 Å². The van der Waals surface area contributed by atoms with Gasteiger partial charge in [-0.1, -0.05) is 36.9 Å². The lowest BCUT2D eigenvalue weighted by Gasteiger charge is -1.99. The lowest BCUT2D eigenvalue weighted by Crippen LogP contribution is -1.89. The fourth-order valence-electron chi connectivity index (χ4n) is 1.21. The van der Waals surface area contributed by atoms with Crippen LogP contribution in [0.2, 0.25) is 0 Å². The monoisotopic (exact) mass is 182 g/mol. The molecule has 0 aliphatic rings. The zero-order valence-corrected chi connectivity index (χ0v) is 7.72. The third kappa shape index (κ3) is 1.69. The van der Waals surface area contributed by atoms with Gasteiger partial charge in [0.2, 0.25) is 0 Å². The molecule has 2 aromatic rings. The van der Waals surface area contributed by atoms with Gasteiger partial charge in [0, 0.05) is 11.8 Å². The van der Waals surface area contributed by atoms with Crippen molar-refractivity contribution in [1.82, 2.24) is 9.97 Å².